The Bertz CT molecular complexity index is 597. The fourth-order valence-electron chi connectivity index (χ4n) is 2.63. The molecule has 0 atom stereocenters. The summed E-state index contributed by atoms with van der Waals surface area (Å²) in [4.78, 5) is 2.30. The van der Waals surface area contributed by atoms with Crippen LogP contribution in [0.15, 0.2) is 42.5 Å². The summed E-state index contributed by atoms with van der Waals surface area (Å²) in [6.07, 6.45) is 2.28. The summed E-state index contributed by atoms with van der Waals surface area (Å²) in [5.41, 5.74) is 4.52. The van der Waals surface area contributed by atoms with Crippen LogP contribution in [0, 0.1) is 0 Å². The molecule has 3 heteroatoms. The van der Waals surface area contributed by atoms with Crippen LogP contribution in [0.4, 0.5) is 11.4 Å². The van der Waals surface area contributed by atoms with Gasteiger partial charge in [-0.3, -0.25) is 0 Å². The van der Waals surface area contributed by atoms with E-state index < -0.39 is 0 Å². The van der Waals surface area contributed by atoms with Gasteiger partial charge in [0.25, 0.3) is 0 Å². The van der Waals surface area contributed by atoms with Crippen molar-refractivity contribution in [2.75, 3.05) is 11.4 Å². The van der Waals surface area contributed by atoms with Crippen molar-refractivity contribution in [2.45, 2.75) is 19.4 Å². The van der Waals surface area contributed by atoms with Gasteiger partial charge in [0.05, 0.1) is 6.61 Å². The number of hydrogen-bond donors (Lipinski definition) is 1. The molecule has 98 valence electrons. The number of hydrogen-bond acceptors (Lipinski definition) is 2. The van der Waals surface area contributed by atoms with Crippen LogP contribution in [0.5, 0.6) is 0 Å². The van der Waals surface area contributed by atoms with Crippen LogP contribution in [-0.2, 0) is 13.0 Å². The molecule has 3 rings (SSSR count). The molecule has 0 radical (unpaired) electrons. The summed E-state index contributed by atoms with van der Waals surface area (Å²) >= 11 is 6.19. The zero-order valence-corrected chi connectivity index (χ0v) is 11.4. The number of benzene rings is 2. The largest absolute Gasteiger partial charge is 0.392 e. The van der Waals surface area contributed by atoms with Crippen molar-refractivity contribution in [3.05, 3.63) is 58.6 Å². The standard InChI is InChI=1S/C16H16ClNO/c17-15-10-14(8-7-13(15)11-19)18-9-3-5-12-4-1-2-6-16(12)18/h1-2,4,6-8,10,19H,3,5,9,11H2. The minimum Gasteiger partial charge on any atom is -0.392 e. The third-order valence-electron chi connectivity index (χ3n) is 3.63. The van der Waals surface area contributed by atoms with Crippen molar-refractivity contribution in [3.8, 4) is 0 Å². The first-order chi connectivity index (χ1) is 9.29. The molecule has 0 saturated carbocycles. The molecule has 0 bridgehead atoms. The molecule has 1 aliphatic rings. The summed E-state index contributed by atoms with van der Waals surface area (Å²) < 4.78 is 0. The molecule has 0 spiro atoms. The molecule has 19 heavy (non-hydrogen) atoms. The highest BCUT2D eigenvalue weighted by Gasteiger charge is 2.18. The minimum absolute atomic E-state index is 0.0182. The third-order valence-corrected chi connectivity index (χ3v) is 3.98. The predicted octanol–water partition coefficient (Wildman–Crippen LogP) is 3.92. The SMILES string of the molecule is OCc1ccc(N2CCCc3ccccc32)cc1Cl. The minimum atomic E-state index is -0.0182. The molecule has 0 amide bonds. The van der Waals surface area contributed by atoms with Crippen LogP contribution < -0.4 is 4.90 Å². The lowest BCUT2D eigenvalue weighted by Gasteiger charge is -2.31. The smallest absolute Gasteiger partial charge is 0.0696 e. The Morgan fingerprint density at radius 1 is 1.16 bits per heavy atom. The number of fused-ring (bicyclic) bond motifs is 1. The van der Waals surface area contributed by atoms with E-state index >= 15 is 0 Å². The van der Waals surface area contributed by atoms with E-state index in [-0.39, 0.29) is 6.61 Å². The molecule has 1 N–H and O–H groups in total. The molecular weight excluding hydrogens is 258 g/mol. The van der Waals surface area contributed by atoms with Crippen molar-refractivity contribution in [1.82, 2.24) is 0 Å². The number of aryl methyl sites for hydroxylation is 1. The number of rotatable bonds is 2. The van der Waals surface area contributed by atoms with Gasteiger partial charge in [0, 0.05) is 22.9 Å². The molecule has 0 fully saturated rings. The Morgan fingerprint density at radius 2 is 2.00 bits per heavy atom. The Morgan fingerprint density at radius 3 is 2.79 bits per heavy atom. The number of halogens is 1. The van der Waals surface area contributed by atoms with Crippen LogP contribution in [-0.4, -0.2) is 11.7 Å². The summed E-state index contributed by atoms with van der Waals surface area (Å²) in [7, 11) is 0. The normalized spacial score (nSPS) is 14.3. The number of nitrogens with zero attached hydrogens (tertiary/aromatic N) is 1. The van der Waals surface area contributed by atoms with E-state index in [1.54, 1.807) is 0 Å². The van der Waals surface area contributed by atoms with Gasteiger partial charge < -0.3 is 10.0 Å². The molecule has 1 heterocycles. The molecule has 0 aliphatic carbocycles. The average Bonchev–Trinajstić information content (AvgIpc) is 2.46. The quantitative estimate of drug-likeness (QED) is 0.897. The van der Waals surface area contributed by atoms with Gasteiger partial charge >= 0.3 is 0 Å². The molecule has 0 unspecified atom stereocenters. The molecular formula is C16H16ClNO. The lowest BCUT2D eigenvalue weighted by molar-refractivity contribution is 0.282. The van der Waals surface area contributed by atoms with E-state index in [0.29, 0.717) is 5.02 Å². The third kappa shape index (κ3) is 2.34. The molecule has 0 saturated heterocycles. The zero-order valence-electron chi connectivity index (χ0n) is 10.6. The highest BCUT2D eigenvalue weighted by Crippen LogP contribution is 2.34. The summed E-state index contributed by atoms with van der Waals surface area (Å²) in [5.74, 6) is 0. The van der Waals surface area contributed by atoms with Crippen LogP contribution in [0.3, 0.4) is 0 Å². The van der Waals surface area contributed by atoms with Crippen molar-refractivity contribution in [1.29, 1.82) is 0 Å². The number of aliphatic hydroxyl groups excluding tert-OH is 1. The second-order valence-corrected chi connectivity index (χ2v) is 5.22. The Balaban J connectivity index is 2.02. The van der Waals surface area contributed by atoms with Gasteiger partial charge in [0.15, 0.2) is 0 Å². The first-order valence-electron chi connectivity index (χ1n) is 6.54. The summed E-state index contributed by atoms with van der Waals surface area (Å²) in [6.45, 7) is 0.988. The molecule has 2 aromatic carbocycles. The van der Waals surface area contributed by atoms with Crippen LogP contribution in [0.2, 0.25) is 5.02 Å². The van der Waals surface area contributed by atoms with E-state index in [4.69, 9.17) is 11.6 Å². The Hall–Kier alpha value is -1.51. The maximum absolute atomic E-state index is 9.18. The van der Waals surface area contributed by atoms with Gasteiger partial charge in [-0.05, 0) is 42.2 Å². The molecule has 2 aromatic rings. The second kappa shape index (κ2) is 5.24. The van der Waals surface area contributed by atoms with Crippen molar-refractivity contribution >= 4 is 23.0 Å². The van der Waals surface area contributed by atoms with E-state index in [0.717, 1.165) is 30.6 Å². The zero-order chi connectivity index (χ0) is 13.2. The predicted molar refractivity (Wildman–Crippen MR) is 79.1 cm³/mol. The maximum Gasteiger partial charge on any atom is 0.0696 e. The van der Waals surface area contributed by atoms with Gasteiger partial charge in [0.2, 0.25) is 0 Å². The van der Waals surface area contributed by atoms with Crippen LogP contribution in [0.25, 0.3) is 0 Å². The highest BCUT2D eigenvalue weighted by molar-refractivity contribution is 6.31. The molecule has 1 aliphatic heterocycles. The summed E-state index contributed by atoms with van der Waals surface area (Å²) in [5, 5.41) is 9.81. The number of anilines is 2. The van der Waals surface area contributed by atoms with E-state index in [1.165, 1.54) is 11.3 Å². The first kappa shape index (κ1) is 12.5. The molecule has 2 nitrogen and oxygen atoms in total. The first-order valence-corrected chi connectivity index (χ1v) is 6.92. The van der Waals surface area contributed by atoms with Crippen molar-refractivity contribution < 1.29 is 5.11 Å². The topological polar surface area (TPSA) is 23.5 Å². The van der Waals surface area contributed by atoms with E-state index in [9.17, 15) is 5.11 Å². The second-order valence-electron chi connectivity index (χ2n) is 4.82. The van der Waals surface area contributed by atoms with Crippen LogP contribution in [0.1, 0.15) is 17.5 Å². The Kier molecular flexibility index (Phi) is 3.45. The van der Waals surface area contributed by atoms with Gasteiger partial charge in [-0.15, -0.1) is 0 Å². The van der Waals surface area contributed by atoms with Crippen molar-refractivity contribution in [2.24, 2.45) is 0 Å². The average molecular weight is 274 g/mol. The number of aliphatic hydroxyl groups is 1. The van der Waals surface area contributed by atoms with Gasteiger partial charge in [0.1, 0.15) is 0 Å². The number of para-hydroxylation sites is 1. The maximum atomic E-state index is 9.18. The fraction of sp³-hybridized carbons (Fsp3) is 0.250. The summed E-state index contributed by atoms with van der Waals surface area (Å²) in [6, 6.07) is 14.4. The van der Waals surface area contributed by atoms with E-state index in [1.807, 2.05) is 18.2 Å². The van der Waals surface area contributed by atoms with Crippen molar-refractivity contribution in [3.63, 3.8) is 0 Å². The highest BCUT2D eigenvalue weighted by atomic mass is 35.5. The van der Waals surface area contributed by atoms with Gasteiger partial charge in [-0.25, -0.2) is 0 Å². The lowest BCUT2D eigenvalue weighted by atomic mass is 10.0. The van der Waals surface area contributed by atoms with E-state index in [2.05, 4.69) is 29.2 Å². The van der Waals surface area contributed by atoms with Gasteiger partial charge in [-0.2, -0.15) is 0 Å². The van der Waals surface area contributed by atoms with Gasteiger partial charge in [-0.1, -0.05) is 35.9 Å². The van der Waals surface area contributed by atoms with Crippen LogP contribution >= 0.6 is 11.6 Å². The molecule has 0 aromatic heterocycles. The fourth-order valence-corrected chi connectivity index (χ4v) is 2.87. The monoisotopic (exact) mass is 273 g/mol. The Labute approximate surface area is 118 Å². The lowest BCUT2D eigenvalue weighted by Crippen LogP contribution is -2.24.